The van der Waals surface area contributed by atoms with Gasteiger partial charge in [-0.2, -0.15) is 0 Å². The van der Waals surface area contributed by atoms with Crippen LogP contribution in [0.5, 0.6) is 5.75 Å². The van der Waals surface area contributed by atoms with E-state index in [1.54, 1.807) is 47.6 Å². The predicted molar refractivity (Wildman–Crippen MR) is 137 cm³/mol. The van der Waals surface area contributed by atoms with Crippen LogP contribution in [0.25, 0.3) is 0 Å². The highest BCUT2D eigenvalue weighted by Crippen LogP contribution is 2.26. The lowest BCUT2D eigenvalue weighted by molar-refractivity contribution is -0.164. The molecule has 0 saturated carbocycles. The smallest absolute Gasteiger partial charge is 0.310 e. The maximum absolute atomic E-state index is 14.8. The average Bonchev–Trinajstić information content (AvgIpc) is 3.19. The molecule has 3 amide bonds. The van der Waals surface area contributed by atoms with Gasteiger partial charge in [0.15, 0.2) is 11.6 Å². The summed E-state index contributed by atoms with van der Waals surface area (Å²) in [6.45, 7) is 10.7. The predicted octanol–water partition coefficient (Wildman–Crippen LogP) is 2.91. The Bertz CT molecular complexity index is 1050. The molecule has 38 heavy (non-hydrogen) atoms. The van der Waals surface area contributed by atoms with Crippen LogP contribution in [0.3, 0.4) is 0 Å². The summed E-state index contributed by atoms with van der Waals surface area (Å²) < 4.78 is 30.2. The Balaban J connectivity index is 2.34. The molecule has 10 nitrogen and oxygen atoms in total. The number of rotatable bonds is 11. The number of cyclic esters (lactones) is 1. The number of carbonyl (C=O) groups excluding carboxylic acids is 4. The number of benzene rings is 1. The standard InChI is InChI=1S/C27H38FN3O7/c1-8-14-31(18(9-2)24(34)29-17-15-20(32)38-26(17)37-10-3)25(35)22(27(4,5)6)30-23(33)16-12-11-13-19(36-7)21(16)28/h8,11-14,17-18,22,26H,9-10,15H2,1-7H3,(H,29,34)(H,30,33)/b14-8-. The Morgan fingerprint density at radius 3 is 2.50 bits per heavy atom. The zero-order valence-electron chi connectivity index (χ0n) is 23.0. The number of halogens is 1. The summed E-state index contributed by atoms with van der Waals surface area (Å²) in [5.41, 5.74) is -1.08. The monoisotopic (exact) mass is 535 g/mol. The molecular weight excluding hydrogens is 497 g/mol. The summed E-state index contributed by atoms with van der Waals surface area (Å²) in [5.74, 6) is -3.31. The van der Waals surface area contributed by atoms with E-state index in [4.69, 9.17) is 14.2 Å². The summed E-state index contributed by atoms with van der Waals surface area (Å²) in [4.78, 5) is 53.3. The van der Waals surface area contributed by atoms with Crippen LogP contribution in [0, 0.1) is 11.2 Å². The zero-order chi connectivity index (χ0) is 28.6. The lowest BCUT2D eigenvalue weighted by atomic mass is 9.85. The topological polar surface area (TPSA) is 123 Å². The number of methoxy groups -OCH3 is 1. The van der Waals surface area contributed by atoms with Gasteiger partial charge in [-0.15, -0.1) is 0 Å². The van der Waals surface area contributed by atoms with Crippen LogP contribution < -0.4 is 15.4 Å². The average molecular weight is 536 g/mol. The first-order valence-corrected chi connectivity index (χ1v) is 12.6. The van der Waals surface area contributed by atoms with E-state index in [9.17, 15) is 23.6 Å². The molecular formula is C27H38FN3O7. The van der Waals surface area contributed by atoms with E-state index in [0.717, 1.165) is 0 Å². The molecule has 210 valence electrons. The van der Waals surface area contributed by atoms with Crippen molar-refractivity contribution in [3.05, 3.63) is 41.9 Å². The Labute approximate surface area is 222 Å². The quantitative estimate of drug-likeness (QED) is 0.418. The second-order valence-corrected chi connectivity index (χ2v) is 9.88. The maximum atomic E-state index is 14.8. The van der Waals surface area contributed by atoms with Gasteiger partial charge in [-0.3, -0.25) is 19.2 Å². The number of hydrogen-bond acceptors (Lipinski definition) is 7. The van der Waals surface area contributed by atoms with Gasteiger partial charge in [0.2, 0.25) is 18.1 Å². The van der Waals surface area contributed by atoms with Gasteiger partial charge in [0, 0.05) is 12.8 Å². The number of hydrogen-bond donors (Lipinski definition) is 2. The van der Waals surface area contributed by atoms with E-state index in [2.05, 4.69) is 10.6 Å². The molecule has 1 aromatic carbocycles. The van der Waals surface area contributed by atoms with Gasteiger partial charge in [-0.1, -0.05) is 39.8 Å². The molecule has 2 rings (SSSR count). The SMILES string of the molecule is C/C=C\N(C(=O)C(NC(=O)c1cccc(OC)c1F)C(C)(C)C)C(CC)C(=O)NC1CC(=O)OC1OCC. The van der Waals surface area contributed by atoms with Crippen molar-refractivity contribution in [2.75, 3.05) is 13.7 Å². The Morgan fingerprint density at radius 2 is 1.95 bits per heavy atom. The van der Waals surface area contributed by atoms with Gasteiger partial charge in [-0.25, -0.2) is 4.39 Å². The van der Waals surface area contributed by atoms with E-state index >= 15 is 0 Å². The van der Waals surface area contributed by atoms with Crippen LogP contribution in [0.2, 0.25) is 0 Å². The number of allylic oxidation sites excluding steroid dienone is 1. The summed E-state index contributed by atoms with van der Waals surface area (Å²) >= 11 is 0. The molecule has 11 heteroatoms. The second-order valence-electron chi connectivity index (χ2n) is 9.88. The number of ether oxygens (including phenoxy) is 3. The fourth-order valence-corrected chi connectivity index (χ4v) is 4.10. The first-order valence-electron chi connectivity index (χ1n) is 12.6. The molecule has 1 fully saturated rings. The molecule has 0 bridgehead atoms. The molecule has 1 aromatic rings. The molecule has 1 aliphatic rings. The molecule has 0 aromatic heterocycles. The van der Waals surface area contributed by atoms with Gasteiger partial charge < -0.3 is 29.7 Å². The fourth-order valence-electron chi connectivity index (χ4n) is 4.10. The molecule has 4 unspecified atom stereocenters. The van der Waals surface area contributed by atoms with Crippen molar-refractivity contribution in [1.29, 1.82) is 0 Å². The number of nitrogens with one attached hydrogen (secondary N) is 2. The molecule has 1 heterocycles. The molecule has 1 aliphatic heterocycles. The summed E-state index contributed by atoms with van der Waals surface area (Å²) in [5, 5.41) is 5.41. The van der Waals surface area contributed by atoms with E-state index < -0.39 is 59.3 Å². The summed E-state index contributed by atoms with van der Waals surface area (Å²) in [6.07, 6.45) is 2.32. The van der Waals surface area contributed by atoms with E-state index in [1.165, 1.54) is 36.4 Å². The Kier molecular flexibility index (Phi) is 10.8. The third-order valence-corrected chi connectivity index (χ3v) is 6.03. The normalized spacial score (nSPS) is 19.0. The van der Waals surface area contributed by atoms with Crippen LogP contribution in [0.15, 0.2) is 30.5 Å². The molecule has 0 radical (unpaired) electrons. The van der Waals surface area contributed by atoms with Gasteiger partial charge >= 0.3 is 5.97 Å². The molecule has 0 spiro atoms. The van der Waals surface area contributed by atoms with Crippen molar-refractivity contribution in [2.24, 2.45) is 5.41 Å². The van der Waals surface area contributed by atoms with E-state index in [-0.39, 0.29) is 30.8 Å². The number of nitrogens with zero attached hydrogens (tertiary/aromatic N) is 1. The largest absolute Gasteiger partial charge is 0.494 e. The number of amides is 3. The van der Waals surface area contributed by atoms with Gasteiger partial charge in [0.05, 0.1) is 19.1 Å². The van der Waals surface area contributed by atoms with Crippen LogP contribution in [0.4, 0.5) is 4.39 Å². The van der Waals surface area contributed by atoms with Crippen LogP contribution >= 0.6 is 0 Å². The first kappa shape index (κ1) is 30.8. The number of esters is 1. The van der Waals surface area contributed by atoms with Gasteiger partial charge in [0.1, 0.15) is 18.1 Å². The van der Waals surface area contributed by atoms with Crippen LogP contribution in [-0.2, 0) is 23.9 Å². The summed E-state index contributed by atoms with van der Waals surface area (Å²) in [6, 6.07) is 1.36. The van der Waals surface area contributed by atoms with Crippen molar-refractivity contribution in [1.82, 2.24) is 15.5 Å². The molecule has 0 aliphatic carbocycles. The Hall–Kier alpha value is -3.47. The zero-order valence-corrected chi connectivity index (χ0v) is 23.0. The van der Waals surface area contributed by atoms with Crippen molar-refractivity contribution < 1.29 is 37.8 Å². The highest BCUT2D eigenvalue weighted by molar-refractivity contribution is 5.99. The lowest BCUT2D eigenvalue weighted by Crippen LogP contribution is -2.58. The van der Waals surface area contributed by atoms with Crippen LogP contribution in [-0.4, -0.2) is 66.7 Å². The van der Waals surface area contributed by atoms with Gasteiger partial charge in [0.25, 0.3) is 5.91 Å². The minimum atomic E-state index is -1.12. The third-order valence-electron chi connectivity index (χ3n) is 6.03. The first-order chi connectivity index (χ1) is 17.9. The number of carbonyl (C=O) groups is 4. The highest BCUT2D eigenvalue weighted by atomic mass is 19.1. The maximum Gasteiger partial charge on any atom is 0.310 e. The van der Waals surface area contributed by atoms with E-state index in [1.807, 2.05) is 0 Å². The van der Waals surface area contributed by atoms with Crippen molar-refractivity contribution >= 4 is 23.7 Å². The highest BCUT2D eigenvalue weighted by Gasteiger charge is 2.42. The van der Waals surface area contributed by atoms with Gasteiger partial charge in [-0.05, 0) is 37.8 Å². The second kappa shape index (κ2) is 13.4. The minimum absolute atomic E-state index is 0.0584. The Morgan fingerprint density at radius 1 is 1.26 bits per heavy atom. The van der Waals surface area contributed by atoms with E-state index in [0.29, 0.717) is 0 Å². The third kappa shape index (κ3) is 7.31. The van der Waals surface area contributed by atoms with Crippen molar-refractivity contribution in [3.8, 4) is 5.75 Å². The summed E-state index contributed by atoms with van der Waals surface area (Å²) in [7, 11) is 1.29. The molecule has 2 N–H and O–H groups in total. The van der Waals surface area contributed by atoms with Crippen molar-refractivity contribution in [3.63, 3.8) is 0 Å². The molecule has 1 saturated heterocycles. The molecule has 4 atom stereocenters. The van der Waals surface area contributed by atoms with Crippen molar-refractivity contribution in [2.45, 2.75) is 78.8 Å². The fraction of sp³-hybridized carbons (Fsp3) is 0.556. The lowest BCUT2D eigenvalue weighted by Gasteiger charge is -2.36. The minimum Gasteiger partial charge on any atom is -0.494 e. The van der Waals surface area contributed by atoms with Crippen LogP contribution in [0.1, 0.15) is 64.7 Å².